The third-order valence-corrected chi connectivity index (χ3v) is 3.03. The van der Waals surface area contributed by atoms with E-state index in [1.807, 2.05) is 6.20 Å². The van der Waals surface area contributed by atoms with E-state index in [1.165, 1.54) is 18.4 Å². The molecule has 15 heavy (non-hydrogen) atoms. The predicted molar refractivity (Wildman–Crippen MR) is 64.3 cm³/mol. The Morgan fingerprint density at radius 3 is 2.53 bits per heavy atom. The Morgan fingerprint density at radius 1 is 1.33 bits per heavy atom. The van der Waals surface area contributed by atoms with Crippen LogP contribution < -0.4 is 4.74 Å². The molecule has 0 amide bonds. The summed E-state index contributed by atoms with van der Waals surface area (Å²) in [5.74, 6) is 0.972. The van der Waals surface area contributed by atoms with Crippen LogP contribution in [0.15, 0.2) is 16.9 Å². The lowest BCUT2D eigenvalue weighted by Crippen LogP contribution is -2.14. The SMILES string of the molecule is CC(C)(C)c1cncc(Br)c1OC1CC1. The molecule has 0 aromatic carbocycles. The van der Waals surface area contributed by atoms with Crippen LogP contribution in [0.4, 0.5) is 0 Å². The Bertz CT molecular complexity index is 366. The Kier molecular flexibility index (Phi) is 2.75. The van der Waals surface area contributed by atoms with Crippen molar-refractivity contribution >= 4 is 15.9 Å². The molecule has 2 rings (SSSR count). The Balaban J connectivity index is 2.38. The average molecular weight is 270 g/mol. The first-order valence-corrected chi connectivity index (χ1v) is 6.08. The lowest BCUT2D eigenvalue weighted by atomic mass is 9.87. The molecular weight excluding hydrogens is 254 g/mol. The third-order valence-electron chi connectivity index (χ3n) is 2.47. The second-order valence-corrected chi connectivity index (χ2v) is 5.92. The molecule has 0 N–H and O–H groups in total. The van der Waals surface area contributed by atoms with Gasteiger partial charge in [0, 0.05) is 18.0 Å². The number of hydrogen-bond acceptors (Lipinski definition) is 2. The Labute approximate surface area is 99.2 Å². The summed E-state index contributed by atoms with van der Waals surface area (Å²) in [6, 6.07) is 0. The van der Waals surface area contributed by atoms with E-state index in [9.17, 15) is 0 Å². The van der Waals surface area contributed by atoms with E-state index in [0.29, 0.717) is 6.10 Å². The molecule has 1 aromatic rings. The number of hydrogen-bond donors (Lipinski definition) is 0. The van der Waals surface area contributed by atoms with Crippen LogP contribution in [0.25, 0.3) is 0 Å². The smallest absolute Gasteiger partial charge is 0.140 e. The van der Waals surface area contributed by atoms with Crippen LogP contribution in [0.1, 0.15) is 39.2 Å². The van der Waals surface area contributed by atoms with Crippen LogP contribution in [-0.4, -0.2) is 11.1 Å². The molecule has 1 aliphatic carbocycles. The van der Waals surface area contributed by atoms with Gasteiger partial charge >= 0.3 is 0 Å². The van der Waals surface area contributed by atoms with Crippen molar-refractivity contribution in [2.45, 2.75) is 45.1 Å². The van der Waals surface area contributed by atoms with Gasteiger partial charge in [0.2, 0.25) is 0 Å². The highest BCUT2D eigenvalue weighted by molar-refractivity contribution is 9.10. The highest BCUT2D eigenvalue weighted by Crippen LogP contribution is 2.39. The van der Waals surface area contributed by atoms with Gasteiger partial charge in [-0.15, -0.1) is 0 Å². The van der Waals surface area contributed by atoms with Gasteiger partial charge in [-0.2, -0.15) is 0 Å². The van der Waals surface area contributed by atoms with Crippen molar-refractivity contribution in [3.05, 3.63) is 22.4 Å². The fourth-order valence-corrected chi connectivity index (χ4v) is 1.85. The number of ether oxygens (including phenoxy) is 1. The van der Waals surface area contributed by atoms with Gasteiger partial charge in [0.05, 0.1) is 10.6 Å². The minimum Gasteiger partial charge on any atom is -0.489 e. The molecule has 3 heteroatoms. The molecule has 1 heterocycles. The number of nitrogens with zero attached hydrogens (tertiary/aromatic N) is 1. The molecule has 1 fully saturated rings. The van der Waals surface area contributed by atoms with Crippen LogP contribution in [0.5, 0.6) is 5.75 Å². The minimum absolute atomic E-state index is 0.0704. The molecule has 82 valence electrons. The van der Waals surface area contributed by atoms with Gasteiger partial charge in [0.1, 0.15) is 5.75 Å². The summed E-state index contributed by atoms with van der Waals surface area (Å²) < 4.78 is 6.89. The lowest BCUT2D eigenvalue weighted by Gasteiger charge is -2.23. The van der Waals surface area contributed by atoms with Crippen molar-refractivity contribution in [1.82, 2.24) is 4.98 Å². The third kappa shape index (κ3) is 2.51. The van der Waals surface area contributed by atoms with Gasteiger partial charge in [-0.25, -0.2) is 0 Å². The normalized spacial score (nSPS) is 16.5. The maximum absolute atomic E-state index is 5.93. The first kappa shape index (κ1) is 10.9. The number of halogens is 1. The summed E-state index contributed by atoms with van der Waals surface area (Å²) in [4.78, 5) is 4.21. The second-order valence-electron chi connectivity index (χ2n) is 5.07. The molecule has 0 spiro atoms. The molecule has 1 aliphatic rings. The fraction of sp³-hybridized carbons (Fsp3) is 0.583. The molecular formula is C12H16BrNO. The van der Waals surface area contributed by atoms with Crippen molar-refractivity contribution in [3.8, 4) is 5.75 Å². The molecule has 0 bridgehead atoms. The molecule has 0 radical (unpaired) electrons. The molecule has 0 saturated heterocycles. The number of rotatable bonds is 2. The van der Waals surface area contributed by atoms with E-state index in [4.69, 9.17) is 4.74 Å². The highest BCUT2D eigenvalue weighted by Gasteiger charge is 2.28. The Morgan fingerprint density at radius 2 is 2.00 bits per heavy atom. The zero-order valence-electron chi connectivity index (χ0n) is 9.38. The van der Waals surface area contributed by atoms with Crippen molar-refractivity contribution < 1.29 is 4.74 Å². The van der Waals surface area contributed by atoms with Gasteiger partial charge in [-0.3, -0.25) is 4.98 Å². The van der Waals surface area contributed by atoms with E-state index in [0.717, 1.165) is 10.2 Å². The van der Waals surface area contributed by atoms with E-state index < -0.39 is 0 Å². The van der Waals surface area contributed by atoms with Crippen LogP contribution >= 0.6 is 15.9 Å². The fourth-order valence-electron chi connectivity index (χ4n) is 1.43. The molecule has 0 unspecified atom stereocenters. The van der Waals surface area contributed by atoms with E-state index in [1.54, 1.807) is 6.20 Å². The topological polar surface area (TPSA) is 22.1 Å². The number of aromatic nitrogens is 1. The van der Waals surface area contributed by atoms with Gasteiger partial charge < -0.3 is 4.74 Å². The summed E-state index contributed by atoms with van der Waals surface area (Å²) in [5.41, 5.74) is 1.24. The van der Waals surface area contributed by atoms with E-state index >= 15 is 0 Å². The lowest BCUT2D eigenvalue weighted by molar-refractivity contribution is 0.292. The monoisotopic (exact) mass is 269 g/mol. The Hall–Kier alpha value is -0.570. The van der Waals surface area contributed by atoms with Crippen LogP contribution in [-0.2, 0) is 5.41 Å². The average Bonchev–Trinajstić information content (AvgIpc) is 2.90. The summed E-state index contributed by atoms with van der Waals surface area (Å²) >= 11 is 3.51. The van der Waals surface area contributed by atoms with Crippen molar-refractivity contribution in [2.24, 2.45) is 0 Å². The molecule has 1 saturated carbocycles. The largest absolute Gasteiger partial charge is 0.489 e. The quantitative estimate of drug-likeness (QED) is 0.817. The van der Waals surface area contributed by atoms with Gasteiger partial charge in [0.25, 0.3) is 0 Å². The van der Waals surface area contributed by atoms with Crippen molar-refractivity contribution in [3.63, 3.8) is 0 Å². The van der Waals surface area contributed by atoms with E-state index in [-0.39, 0.29) is 5.41 Å². The van der Waals surface area contributed by atoms with Crippen molar-refractivity contribution in [2.75, 3.05) is 0 Å². The summed E-state index contributed by atoms with van der Waals surface area (Å²) in [6.07, 6.45) is 6.48. The van der Waals surface area contributed by atoms with Crippen LogP contribution in [0.2, 0.25) is 0 Å². The van der Waals surface area contributed by atoms with Gasteiger partial charge in [-0.05, 0) is 34.2 Å². The molecule has 0 atom stereocenters. The standard InChI is InChI=1S/C12H16BrNO/c1-12(2,3)9-6-14-7-10(13)11(9)15-8-4-5-8/h6-8H,4-5H2,1-3H3. The van der Waals surface area contributed by atoms with Gasteiger partial charge in [-0.1, -0.05) is 20.8 Å². The van der Waals surface area contributed by atoms with Crippen LogP contribution in [0.3, 0.4) is 0 Å². The summed E-state index contributed by atoms with van der Waals surface area (Å²) in [7, 11) is 0. The molecule has 0 aliphatic heterocycles. The maximum atomic E-state index is 5.93. The number of pyridine rings is 1. The summed E-state index contributed by atoms with van der Waals surface area (Å²) in [5, 5.41) is 0. The van der Waals surface area contributed by atoms with Crippen LogP contribution in [0, 0.1) is 0 Å². The molecule has 1 aromatic heterocycles. The predicted octanol–water partition coefficient (Wildman–Crippen LogP) is 3.68. The maximum Gasteiger partial charge on any atom is 0.140 e. The first-order valence-electron chi connectivity index (χ1n) is 5.29. The first-order chi connectivity index (χ1) is 6.98. The zero-order valence-corrected chi connectivity index (χ0v) is 11.0. The van der Waals surface area contributed by atoms with Gasteiger partial charge in [0.15, 0.2) is 0 Å². The zero-order chi connectivity index (χ0) is 11.1. The van der Waals surface area contributed by atoms with E-state index in [2.05, 4.69) is 41.7 Å². The van der Waals surface area contributed by atoms with Crippen molar-refractivity contribution in [1.29, 1.82) is 0 Å². The second kappa shape index (κ2) is 3.78. The highest BCUT2D eigenvalue weighted by atomic mass is 79.9. The minimum atomic E-state index is 0.0704. The molecule has 2 nitrogen and oxygen atoms in total. The summed E-state index contributed by atoms with van der Waals surface area (Å²) in [6.45, 7) is 6.53.